The fraction of sp³-hybridized carbons (Fsp3) is 0.559. The number of aryl methyl sites for hydroxylation is 3. The van der Waals surface area contributed by atoms with Crippen LogP contribution in [0.1, 0.15) is 144 Å². The summed E-state index contributed by atoms with van der Waals surface area (Å²) in [4.78, 5) is 69.7. The number of aromatic nitrogens is 4. The summed E-state index contributed by atoms with van der Waals surface area (Å²) in [5.41, 5.74) is 9.11. The molecule has 4 unspecified atom stereocenters. The van der Waals surface area contributed by atoms with Gasteiger partial charge in [0.15, 0.2) is 5.82 Å². The molecule has 416 valence electrons. The molecule has 18 heteroatoms. The van der Waals surface area contributed by atoms with Gasteiger partial charge < -0.3 is 25.2 Å². The number of hydrogen-bond acceptors (Lipinski definition) is 13. The third-order valence-electron chi connectivity index (χ3n) is 16.1. The molecular formula is C59H82ClN11O4S2. The number of benzene rings is 2. The van der Waals surface area contributed by atoms with Crippen molar-refractivity contribution in [2.24, 2.45) is 15.8 Å². The monoisotopic (exact) mass is 1110 g/mol. The van der Waals surface area contributed by atoms with Gasteiger partial charge in [-0.1, -0.05) is 82.6 Å². The Balaban J connectivity index is 0.000000270. The Morgan fingerprint density at radius 3 is 2.16 bits per heavy atom. The second-order valence-electron chi connectivity index (χ2n) is 22.6. The summed E-state index contributed by atoms with van der Waals surface area (Å²) in [5, 5.41) is 16.4. The predicted octanol–water partition coefficient (Wildman–Crippen LogP) is 9.97. The van der Waals surface area contributed by atoms with Gasteiger partial charge in [0.25, 0.3) is 0 Å². The van der Waals surface area contributed by atoms with Crippen molar-refractivity contribution in [1.29, 1.82) is 0 Å². The van der Waals surface area contributed by atoms with Crippen LogP contribution in [0.25, 0.3) is 15.4 Å². The lowest BCUT2D eigenvalue weighted by Crippen LogP contribution is -2.69. The first-order chi connectivity index (χ1) is 36.7. The highest BCUT2D eigenvalue weighted by atomic mass is 35.5. The molecular weight excluding hydrogens is 1030 g/mol. The Bertz CT molecular complexity index is 2830. The maximum absolute atomic E-state index is 13.9. The molecule has 5 aliphatic rings. The van der Waals surface area contributed by atoms with E-state index in [2.05, 4.69) is 92.0 Å². The number of carbonyl (C=O) groups is 4. The van der Waals surface area contributed by atoms with Crippen LogP contribution in [-0.4, -0.2) is 147 Å². The number of likely N-dealkylation sites (tertiary alicyclic amines) is 2. The van der Waals surface area contributed by atoms with Gasteiger partial charge in [0.05, 0.1) is 46.8 Å². The predicted molar refractivity (Wildman–Crippen MR) is 313 cm³/mol. The molecule has 77 heavy (non-hydrogen) atoms. The molecule has 15 nitrogen and oxygen atoms in total. The minimum absolute atomic E-state index is 0.0455. The molecule has 5 aromatic rings. The standard InChI is InChI=1S/C38H49ClN8O3S.C13H14N2OS.C6H13N.C2H6/c1-22-17-45(13-12-44(22)18-31(49)41-30(19-48)37(5,6)7)28-15-38(16-28)20-46(21-38)32(50)14-29-35-43-42-25(4)47(35)36-33(23(2)24(3)51-36)34(40-29)26-8-10-27(39)11-9-26;1-9(14-7-16)11-3-5-12(6-4-11)13-10(2)15-8-17-13;1-6-4-3-5-7(6)2;1-2/h8-11,19,22,28-30H,12-18,20-21H2,1-7H3,(H,41,49);3-9H,1-2H3,(H,14,16);6H,3-5H2,1-2H3;1-2H3/t22?,29-,30?;;;/m0.../s1. The number of nitrogens with zero attached hydrogens (tertiary/aromatic N) is 9. The molecule has 1 saturated carbocycles. The number of fused-ring (bicyclic) bond motifs is 3. The molecule has 0 radical (unpaired) electrons. The van der Waals surface area contributed by atoms with E-state index in [0.29, 0.717) is 23.4 Å². The Morgan fingerprint density at radius 1 is 0.922 bits per heavy atom. The lowest BCUT2D eigenvalue weighted by atomic mass is 9.60. The molecule has 7 heterocycles. The molecule has 1 spiro atoms. The van der Waals surface area contributed by atoms with E-state index in [9.17, 15) is 19.2 Å². The minimum Gasteiger partial charge on any atom is -0.352 e. The van der Waals surface area contributed by atoms with E-state index in [1.807, 2.05) is 102 Å². The smallest absolute Gasteiger partial charge is 0.234 e. The summed E-state index contributed by atoms with van der Waals surface area (Å²) in [7, 11) is 2.19. The SMILES string of the molecule is CC.CC1CCCN1C.Cc1ncsc1-c1ccc(C(C)NC=O)cc1.Cc1sc2c(c1C)C(c1ccc(Cl)cc1)=N[C@@H](CC(=O)N1CC3(CC(N4CCN(CC(=O)NC(C=O)C(C)(C)C)C(C)C4)C3)C1)c1nnc(C)n1-2. The minimum atomic E-state index is -0.499. The van der Waals surface area contributed by atoms with Gasteiger partial charge in [-0.2, -0.15) is 0 Å². The number of aldehydes is 1. The number of piperazine rings is 1. The Labute approximate surface area is 470 Å². The fourth-order valence-corrected chi connectivity index (χ4v) is 13.2. The Hall–Kier alpha value is -5.17. The molecule has 3 aromatic heterocycles. The van der Waals surface area contributed by atoms with E-state index in [-0.39, 0.29) is 41.1 Å². The number of thiazole rings is 1. The van der Waals surface area contributed by atoms with Crippen molar-refractivity contribution in [3.8, 4) is 15.4 Å². The van der Waals surface area contributed by atoms with Crippen molar-refractivity contribution in [3.05, 3.63) is 104 Å². The highest BCUT2D eigenvalue weighted by molar-refractivity contribution is 7.15. The van der Waals surface area contributed by atoms with E-state index < -0.39 is 12.1 Å². The molecule has 2 N–H and O–H groups in total. The molecule has 0 bridgehead atoms. The van der Waals surface area contributed by atoms with Gasteiger partial charge in [0, 0.05) is 77.3 Å². The zero-order valence-electron chi connectivity index (χ0n) is 47.7. The summed E-state index contributed by atoms with van der Waals surface area (Å²) in [6, 6.07) is 16.6. The lowest BCUT2D eigenvalue weighted by molar-refractivity contribution is -0.159. The van der Waals surface area contributed by atoms with E-state index in [1.165, 1.54) is 40.3 Å². The molecule has 10 rings (SSSR count). The van der Waals surface area contributed by atoms with Crippen LogP contribution in [0.4, 0.5) is 0 Å². The van der Waals surface area contributed by atoms with Gasteiger partial charge in [0.1, 0.15) is 23.2 Å². The van der Waals surface area contributed by atoms with Crippen LogP contribution in [0.2, 0.25) is 5.02 Å². The largest absolute Gasteiger partial charge is 0.352 e. The van der Waals surface area contributed by atoms with Gasteiger partial charge in [0.2, 0.25) is 18.2 Å². The van der Waals surface area contributed by atoms with Crippen LogP contribution >= 0.6 is 34.3 Å². The summed E-state index contributed by atoms with van der Waals surface area (Å²) in [6.07, 6.45) is 6.77. The highest BCUT2D eigenvalue weighted by Gasteiger charge is 2.55. The first kappa shape index (κ1) is 59.5. The third kappa shape index (κ3) is 13.8. The van der Waals surface area contributed by atoms with Gasteiger partial charge in [-0.3, -0.25) is 33.7 Å². The van der Waals surface area contributed by atoms with Crippen LogP contribution in [-0.2, 0) is 19.2 Å². The Kier molecular flexibility index (Phi) is 19.9. The van der Waals surface area contributed by atoms with Crippen molar-refractivity contribution < 1.29 is 19.2 Å². The van der Waals surface area contributed by atoms with Crippen LogP contribution in [0, 0.1) is 38.5 Å². The first-order valence-corrected chi connectivity index (χ1v) is 29.5. The normalized spacial score (nSPS) is 20.9. The number of rotatable bonds is 12. The van der Waals surface area contributed by atoms with E-state index >= 15 is 0 Å². The number of hydrogen-bond donors (Lipinski definition) is 2. The maximum atomic E-state index is 13.9. The molecule has 1 aliphatic carbocycles. The number of aliphatic imine (C=N–C) groups is 1. The number of nitrogens with one attached hydrogen (secondary N) is 2. The molecule has 2 aromatic carbocycles. The van der Waals surface area contributed by atoms with E-state index in [4.69, 9.17) is 16.6 Å². The average molecular weight is 1110 g/mol. The molecule has 3 saturated heterocycles. The number of halogens is 1. The molecule has 5 atom stereocenters. The lowest BCUT2D eigenvalue weighted by Gasteiger charge is -2.62. The molecule has 3 amide bonds. The topological polar surface area (TPSA) is 161 Å². The summed E-state index contributed by atoms with van der Waals surface area (Å²) in [5.74, 6) is 1.49. The molecule has 4 aliphatic heterocycles. The van der Waals surface area contributed by atoms with Crippen molar-refractivity contribution in [1.82, 2.24) is 50.0 Å². The van der Waals surface area contributed by atoms with E-state index in [1.54, 1.807) is 22.7 Å². The summed E-state index contributed by atoms with van der Waals surface area (Å²) in [6.45, 7) is 30.3. The number of amides is 3. The van der Waals surface area contributed by atoms with Crippen molar-refractivity contribution in [3.63, 3.8) is 0 Å². The third-order valence-corrected chi connectivity index (χ3v) is 18.6. The second-order valence-corrected chi connectivity index (χ2v) is 25.1. The van der Waals surface area contributed by atoms with Crippen LogP contribution < -0.4 is 10.6 Å². The zero-order valence-corrected chi connectivity index (χ0v) is 50.0. The van der Waals surface area contributed by atoms with Crippen molar-refractivity contribution in [2.75, 3.05) is 52.9 Å². The summed E-state index contributed by atoms with van der Waals surface area (Å²) >= 11 is 9.62. The fourth-order valence-electron chi connectivity index (χ4n) is 11.0. The van der Waals surface area contributed by atoms with E-state index in [0.717, 1.165) is 103 Å². The van der Waals surface area contributed by atoms with Gasteiger partial charge >= 0.3 is 0 Å². The van der Waals surface area contributed by atoms with Crippen molar-refractivity contribution >= 4 is 64.5 Å². The van der Waals surface area contributed by atoms with Crippen LogP contribution in [0.3, 0.4) is 0 Å². The maximum Gasteiger partial charge on any atom is 0.234 e. The number of thiophene rings is 1. The summed E-state index contributed by atoms with van der Waals surface area (Å²) < 4.78 is 2.10. The van der Waals surface area contributed by atoms with Gasteiger partial charge in [-0.25, -0.2) is 4.98 Å². The van der Waals surface area contributed by atoms with Crippen molar-refractivity contribution in [2.45, 2.75) is 151 Å². The Morgan fingerprint density at radius 2 is 1.60 bits per heavy atom. The van der Waals surface area contributed by atoms with Crippen LogP contribution in [0.15, 0.2) is 59.0 Å². The average Bonchev–Trinajstić information content (AvgIpc) is 4.21. The number of carbonyl (C=O) groups excluding carboxylic acids is 4. The second kappa shape index (κ2) is 25.7. The molecule has 4 fully saturated rings. The quantitative estimate of drug-likeness (QED) is 0.115. The first-order valence-electron chi connectivity index (χ1n) is 27.5. The highest BCUT2D eigenvalue weighted by Crippen LogP contribution is 2.51. The van der Waals surface area contributed by atoms with Gasteiger partial charge in [-0.15, -0.1) is 32.9 Å². The zero-order chi connectivity index (χ0) is 55.9. The van der Waals surface area contributed by atoms with Crippen LogP contribution in [0.5, 0.6) is 0 Å². The van der Waals surface area contributed by atoms with Gasteiger partial charge in [-0.05, 0) is 122 Å².